The second-order valence-electron chi connectivity index (χ2n) is 9.39. The summed E-state index contributed by atoms with van der Waals surface area (Å²) in [7, 11) is 2.12. The molecule has 2 aromatic heterocycles. The maximum absolute atomic E-state index is 12.3. The van der Waals surface area contributed by atoms with E-state index < -0.39 is 0 Å². The molecule has 1 saturated heterocycles. The molecular formula is C24H31N9OS. The number of amides is 1. The molecule has 184 valence electrons. The van der Waals surface area contributed by atoms with Crippen molar-refractivity contribution in [3.63, 3.8) is 0 Å². The van der Waals surface area contributed by atoms with Crippen molar-refractivity contribution in [2.24, 2.45) is 0 Å². The van der Waals surface area contributed by atoms with Crippen LogP contribution >= 0.6 is 11.8 Å². The number of piperazine rings is 1. The molecular weight excluding hydrogens is 462 g/mol. The summed E-state index contributed by atoms with van der Waals surface area (Å²) >= 11 is 1.45. The molecule has 2 fully saturated rings. The zero-order valence-electron chi connectivity index (χ0n) is 20.3. The van der Waals surface area contributed by atoms with Gasteiger partial charge in [0.1, 0.15) is 0 Å². The fourth-order valence-electron chi connectivity index (χ4n) is 3.68. The van der Waals surface area contributed by atoms with Gasteiger partial charge in [-0.15, -0.1) is 0 Å². The van der Waals surface area contributed by atoms with Crippen molar-refractivity contribution in [2.75, 3.05) is 43.4 Å². The number of carbonyl (C=O) groups excluding carboxylic acids is 1. The Morgan fingerprint density at radius 1 is 1.09 bits per heavy atom. The molecule has 11 heteroatoms. The van der Waals surface area contributed by atoms with E-state index in [-0.39, 0.29) is 5.91 Å². The van der Waals surface area contributed by atoms with Crippen molar-refractivity contribution >= 4 is 35.4 Å². The number of H-pyrrole nitrogens is 1. The van der Waals surface area contributed by atoms with Gasteiger partial charge in [-0.3, -0.25) is 9.89 Å². The third-order valence-corrected chi connectivity index (χ3v) is 6.96. The number of hydrogen-bond donors (Lipinski definition) is 3. The van der Waals surface area contributed by atoms with Crippen LogP contribution in [0.15, 0.2) is 40.4 Å². The summed E-state index contributed by atoms with van der Waals surface area (Å²) in [5.74, 6) is 2.11. The van der Waals surface area contributed by atoms with Crippen LogP contribution in [0.2, 0.25) is 0 Å². The summed E-state index contributed by atoms with van der Waals surface area (Å²) in [5.41, 5.74) is 1.71. The van der Waals surface area contributed by atoms with Crippen LogP contribution < -0.4 is 15.5 Å². The van der Waals surface area contributed by atoms with Gasteiger partial charge in [-0.1, -0.05) is 13.8 Å². The van der Waals surface area contributed by atoms with Crippen molar-refractivity contribution in [3.05, 3.63) is 41.6 Å². The fourth-order valence-corrected chi connectivity index (χ4v) is 4.42. The van der Waals surface area contributed by atoms with Crippen LogP contribution in [0, 0.1) is 0 Å². The molecule has 0 bridgehead atoms. The molecule has 35 heavy (non-hydrogen) atoms. The van der Waals surface area contributed by atoms with E-state index in [9.17, 15) is 4.79 Å². The van der Waals surface area contributed by atoms with E-state index in [4.69, 9.17) is 9.97 Å². The summed E-state index contributed by atoms with van der Waals surface area (Å²) in [6.45, 7) is 7.85. The molecule has 0 atom stereocenters. The van der Waals surface area contributed by atoms with Crippen LogP contribution in [0.25, 0.3) is 0 Å². The molecule has 3 heterocycles. The zero-order valence-corrected chi connectivity index (χ0v) is 21.1. The average molecular weight is 494 g/mol. The molecule has 5 rings (SSSR count). The first kappa shape index (κ1) is 23.6. The molecule has 3 N–H and O–H groups in total. The van der Waals surface area contributed by atoms with Gasteiger partial charge in [0.05, 0.1) is 0 Å². The van der Waals surface area contributed by atoms with Crippen molar-refractivity contribution in [2.45, 2.75) is 48.7 Å². The van der Waals surface area contributed by atoms with E-state index >= 15 is 0 Å². The summed E-state index contributed by atoms with van der Waals surface area (Å²) in [6, 6.07) is 9.87. The monoisotopic (exact) mass is 493 g/mol. The van der Waals surface area contributed by atoms with Gasteiger partial charge < -0.3 is 20.4 Å². The summed E-state index contributed by atoms with van der Waals surface area (Å²) in [6.07, 6.45) is 2.14. The fraction of sp³-hybridized carbons (Fsp3) is 0.458. The Balaban J connectivity index is 1.36. The summed E-state index contributed by atoms with van der Waals surface area (Å²) in [4.78, 5) is 31.8. The van der Waals surface area contributed by atoms with Crippen molar-refractivity contribution < 1.29 is 4.79 Å². The number of aromatic nitrogens is 5. The second kappa shape index (κ2) is 10.2. The highest BCUT2D eigenvalue weighted by Crippen LogP contribution is 2.28. The number of anilines is 3. The average Bonchev–Trinajstić information content (AvgIpc) is 3.53. The quantitative estimate of drug-likeness (QED) is 0.435. The van der Waals surface area contributed by atoms with Gasteiger partial charge in [0, 0.05) is 54.4 Å². The Morgan fingerprint density at radius 2 is 1.83 bits per heavy atom. The van der Waals surface area contributed by atoms with E-state index in [1.54, 1.807) is 0 Å². The SMILES string of the molecule is CC(C)c1cc(Nc2nc(Sc3ccc(C(=O)NC4CC4)cc3)nc(N3CCN(C)CC3)n2)n[nH]1. The zero-order chi connectivity index (χ0) is 24.4. The van der Waals surface area contributed by atoms with Crippen molar-refractivity contribution in [1.82, 2.24) is 35.4 Å². The van der Waals surface area contributed by atoms with Crippen molar-refractivity contribution in [3.8, 4) is 0 Å². The number of carbonyl (C=O) groups is 1. The normalized spacial score (nSPS) is 16.5. The predicted octanol–water partition coefficient (Wildman–Crippen LogP) is 3.26. The van der Waals surface area contributed by atoms with Gasteiger partial charge in [0.25, 0.3) is 5.91 Å². The largest absolute Gasteiger partial charge is 0.349 e. The Labute approximate surface area is 209 Å². The molecule has 1 aliphatic carbocycles. The number of nitrogens with one attached hydrogen (secondary N) is 3. The topological polar surface area (TPSA) is 115 Å². The lowest BCUT2D eigenvalue weighted by molar-refractivity contribution is 0.0951. The van der Waals surface area contributed by atoms with E-state index in [1.165, 1.54) is 11.8 Å². The third-order valence-electron chi connectivity index (χ3n) is 6.09. The minimum Gasteiger partial charge on any atom is -0.349 e. The molecule has 0 spiro atoms. The lowest BCUT2D eigenvalue weighted by Gasteiger charge is -2.32. The van der Waals surface area contributed by atoms with Gasteiger partial charge in [-0.05, 0) is 61.8 Å². The van der Waals surface area contributed by atoms with E-state index in [2.05, 4.69) is 56.5 Å². The molecule has 0 unspecified atom stereocenters. The highest BCUT2D eigenvalue weighted by atomic mass is 32.2. The molecule has 0 radical (unpaired) electrons. The Hall–Kier alpha value is -3.18. The highest BCUT2D eigenvalue weighted by Gasteiger charge is 2.24. The van der Waals surface area contributed by atoms with Crippen LogP contribution in [0.1, 0.15) is 48.7 Å². The first-order chi connectivity index (χ1) is 16.9. The summed E-state index contributed by atoms with van der Waals surface area (Å²) < 4.78 is 0. The van der Waals surface area contributed by atoms with Crippen molar-refractivity contribution in [1.29, 1.82) is 0 Å². The molecule has 2 aliphatic rings. The number of hydrogen-bond acceptors (Lipinski definition) is 9. The van der Waals surface area contributed by atoms with Crippen LogP contribution in [0.4, 0.5) is 17.7 Å². The highest BCUT2D eigenvalue weighted by molar-refractivity contribution is 7.99. The third kappa shape index (κ3) is 6.09. The number of nitrogens with zero attached hydrogens (tertiary/aromatic N) is 6. The number of rotatable bonds is 8. The Morgan fingerprint density at radius 3 is 2.49 bits per heavy atom. The number of benzene rings is 1. The first-order valence-corrected chi connectivity index (χ1v) is 12.9. The lowest BCUT2D eigenvalue weighted by atomic mass is 10.1. The van der Waals surface area contributed by atoms with E-state index in [1.807, 2.05) is 30.3 Å². The Kier molecular flexibility index (Phi) is 6.87. The molecule has 3 aromatic rings. The second-order valence-corrected chi connectivity index (χ2v) is 10.4. The number of aromatic amines is 1. The van der Waals surface area contributed by atoms with Gasteiger partial charge in [-0.25, -0.2) is 0 Å². The smallest absolute Gasteiger partial charge is 0.251 e. The predicted molar refractivity (Wildman–Crippen MR) is 137 cm³/mol. The number of likely N-dealkylation sites (N-methyl/N-ethyl adjacent to an activating group) is 1. The minimum absolute atomic E-state index is 0.0205. The lowest BCUT2D eigenvalue weighted by Crippen LogP contribution is -2.45. The van der Waals surface area contributed by atoms with E-state index in [0.29, 0.717) is 40.4 Å². The molecule has 1 aliphatic heterocycles. The maximum atomic E-state index is 12.3. The Bertz CT molecular complexity index is 1170. The summed E-state index contributed by atoms with van der Waals surface area (Å²) in [5, 5.41) is 14.2. The molecule has 1 saturated carbocycles. The molecule has 10 nitrogen and oxygen atoms in total. The maximum Gasteiger partial charge on any atom is 0.251 e. The van der Waals surface area contributed by atoms with Gasteiger partial charge in [-0.2, -0.15) is 20.1 Å². The standard InChI is InChI=1S/C24H31N9OS/c1-15(2)19-14-20(31-30-19)26-22-27-23(33-12-10-32(3)11-13-33)29-24(28-22)35-18-8-4-16(5-9-18)21(34)25-17-6-7-17/h4-5,8-9,14-15,17H,6-7,10-13H2,1-3H3,(H,25,34)(H2,26,27,28,29,30,31). The van der Waals surface area contributed by atoms with Crippen LogP contribution in [0.3, 0.4) is 0 Å². The first-order valence-electron chi connectivity index (χ1n) is 12.0. The van der Waals surface area contributed by atoms with Gasteiger partial charge in [0.15, 0.2) is 11.0 Å². The van der Waals surface area contributed by atoms with Crippen LogP contribution in [0.5, 0.6) is 0 Å². The van der Waals surface area contributed by atoms with Gasteiger partial charge in [0.2, 0.25) is 11.9 Å². The van der Waals surface area contributed by atoms with E-state index in [0.717, 1.165) is 49.6 Å². The molecule has 1 aromatic carbocycles. The van der Waals surface area contributed by atoms with Crippen LogP contribution in [-0.4, -0.2) is 75.2 Å². The van der Waals surface area contributed by atoms with Crippen LogP contribution in [-0.2, 0) is 0 Å². The van der Waals surface area contributed by atoms with Gasteiger partial charge >= 0.3 is 0 Å². The minimum atomic E-state index is -0.0205. The molecule has 1 amide bonds.